The lowest BCUT2D eigenvalue weighted by Crippen LogP contribution is -2.33. The molecule has 2 rings (SSSR count). The molecule has 1 aliphatic carbocycles. The van der Waals surface area contributed by atoms with Crippen molar-refractivity contribution < 1.29 is 4.74 Å². The summed E-state index contributed by atoms with van der Waals surface area (Å²) in [6.45, 7) is 6.26. The number of methoxy groups -OCH3 is 1. The molecule has 0 atom stereocenters. The van der Waals surface area contributed by atoms with Crippen LogP contribution in [-0.2, 0) is 24.1 Å². The van der Waals surface area contributed by atoms with Crippen molar-refractivity contribution in [1.29, 1.82) is 0 Å². The number of pyridine rings is 1. The molecule has 20 heavy (non-hydrogen) atoms. The Morgan fingerprint density at radius 1 is 1.35 bits per heavy atom. The van der Waals surface area contributed by atoms with Crippen LogP contribution in [0, 0.1) is 0 Å². The lowest BCUT2D eigenvalue weighted by Gasteiger charge is -2.24. The SMILES string of the molecule is COCCNCc1cc2c(n(C(C)C)c1=O)CCCC2. The Bertz CT molecular complexity index is 506. The summed E-state index contributed by atoms with van der Waals surface area (Å²) < 4.78 is 7.02. The molecular weight excluding hydrogens is 252 g/mol. The Labute approximate surface area is 121 Å². The molecular formula is C16H26N2O2. The van der Waals surface area contributed by atoms with Gasteiger partial charge in [0, 0.05) is 37.5 Å². The molecule has 0 aromatic carbocycles. The van der Waals surface area contributed by atoms with Gasteiger partial charge in [0.05, 0.1) is 6.61 Å². The van der Waals surface area contributed by atoms with E-state index in [1.165, 1.54) is 24.1 Å². The fourth-order valence-electron chi connectivity index (χ4n) is 2.96. The molecule has 1 aromatic rings. The zero-order valence-corrected chi connectivity index (χ0v) is 12.9. The van der Waals surface area contributed by atoms with Gasteiger partial charge < -0.3 is 14.6 Å². The highest BCUT2D eigenvalue weighted by molar-refractivity contribution is 5.29. The van der Waals surface area contributed by atoms with Crippen LogP contribution >= 0.6 is 0 Å². The van der Waals surface area contributed by atoms with Crippen LogP contribution in [-0.4, -0.2) is 24.8 Å². The maximum Gasteiger partial charge on any atom is 0.255 e. The number of rotatable bonds is 6. The van der Waals surface area contributed by atoms with Gasteiger partial charge in [0.15, 0.2) is 0 Å². The highest BCUT2D eigenvalue weighted by Crippen LogP contribution is 2.22. The fraction of sp³-hybridized carbons (Fsp3) is 0.688. The number of nitrogens with zero attached hydrogens (tertiary/aromatic N) is 1. The van der Waals surface area contributed by atoms with Gasteiger partial charge in [-0.1, -0.05) is 0 Å². The monoisotopic (exact) mass is 278 g/mol. The van der Waals surface area contributed by atoms with E-state index in [1.54, 1.807) is 7.11 Å². The number of aromatic nitrogens is 1. The second-order valence-electron chi connectivity index (χ2n) is 5.79. The minimum Gasteiger partial charge on any atom is -0.383 e. The molecule has 1 aliphatic rings. The van der Waals surface area contributed by atoms with Crippen molar-refractivity contribution >= 4 is 0 Å². The van der Waals surface area contributed by atoms with E-state index in [9.17, 15) is 4.79 Å². The summed E-state index contributed by atoms with van der Waals surface area (Å²) in [7, 11) is 1.69. The summed E-state index contributed by atoms with van der Waals surface area (Å²) in [5.41, 5.74) is 3.69. The van der Waals surface area contributed by atoms with Gasteiger partial charge in [-0.05, 0) is 51.2 Å². The molecule has 1 heterocycles. The average molecular weight is 278 g/mol. The first-order chi connectivity index (χ1) is 9.65. The van der Waals surface area contributed by atoms with Crippen LogP contribution in [0.25, 0.3) is 0 Å². The molecule has 4 heteroatoms. The number of ether oxygens (including phenoxy) is 1. The molecule has 0 spiro atoms. The Kier molecular flexibility index (Phi) is 5.38. The zero-order valence-electron chi connectivity index (χ0n) is 12.9. The van der Waals surface area contributed by atoms with Crippen molar-refractivity contribution in [3.63, 3.8) is 0 Å². The Morgan fingerprint density at radius 2 is 2.10 bits per heavy atom. The molecule has 4 nitrogen and oxygen atoms in total. The van der Waals surface area contributed by atoms with Crippen LogP contribution in [0.2, 0.25) is 0 Å². The smallest absolute Gasteiger partial charge is 0.255 e. The van der Waals surface area contributed by atoms with Gasteiger partial charge >= 0.3 is 0 Å². The number of hydrogen-bond donors (Lipinski definition) is 1. The van der Waals surface area contributed by atoms with Crippen LogP contribution < -0.4 is 10.9 Å². The van der Waals surface area contributed by atoms with Crippen molar-refractivity contribution in [2.45, 2.75) is 52.1 Å². The van der Waals surface area contributed by atoms with Crippen molar-refractivity contribution in [3.8, 4) is 0 Å². The first kappa shape index (κ1) is 15.3. The van der Waals surface area contributed by atoms with Crippen molar-refractivity contribution in [1.82, 2.24) is 9.88 Å². The van der Waals surface area contributed by atoms with Crippen molar-refractivity contribution in [3.05, 3.63) is 33.2 Å². The van der Waals surface area contributed by atoms with Gasteiger partial charge in [-0.25, -0.2) is 0 Å². The maximum absolute atomic E-state index is 12.6. The first-order valence-corrected chi connectivity index (χ1v) is 7.61. The summed E-state index contributed by atoms with van der Waals surface area (Å²) >= 11 is 0. The second kappa shape index (κ2) is 7.04. The number of hydrogen-bond acceptors (Lipinski definition) is 3. The Hall–Kier alpha value is -1.13. The van der Waals surface area contributed by atoms with Crippen molar-refractivity contribution in [2.75, 3.05) is 20.3 Å². The summed E-state index contributed by atoms with van der Waals surface area (Å²) in [5, 5.41) is 3.28. The van der Waals surface area contributed by atoms with Gasteiger partial charge in [0.2, 0.25) is 0 Å². The highest BCUT2D eigenvalue weighted by Gasteiger charge is 2.18. The van der Waals surface area contributed by atoms with Crippen LogP contribution in [0.4, 0.5) is 0 Å². The number of fused-ring (bicyclic) bond motifs is 1. The molecule has 1 aromatic heterocycles. The molecule has 0 saturated carbocycles. The predicted octanol–water partition coefficient (Wildman–Crippen LogP) is 2.04. The van der Waals surface area contributed by atoms with Crippen molar-refractivity contribution in [2.24, 2.45) is 0 Å². The number of aryl methyl sites for hydroxylation is 1. The zero-order chi connectivity index (χ0) is 14.5. The predicted molar refractivity (Wildman–Crippen MR) is 81.3 cm³/mol. The Morgan fingerprint density at radius 3 is 2.80 bits per heavy atom. The average Bonchev–Trinajstić information content (AvgIpc) is 2.43. The van der Waals surface area contributed by atoms with Crippen LogP contribution in [0.5, 0.6) is 0 Å². The van der Waals surface area contributed by atoms with Gasteiger partial charge in [-0.15, -0.1) is 0 Å². The largest absolute Gasteiger partial charge is 0.383 e. The third kappa shape index (κ3) is 3.30. The fourth-order valence-corrected chi connectivity index (χ4v) is 2.96. The number of nitrogens with one attached hydrogen (secondary N) is 1. The van der Waals surface area contributed by atoms with E-state index >= 15 is 0 Å². The summed E-state index contributed by atoms with van der Waals surface area (Å²) in [4.78, 5) is 12.6. The van der Waals surface area contributed by atoms with E-state index in [4.69, 9.17) is 4.74 Å². The normalized spacial score (nSPS) is 14.6. The lowest BCUT2D eigenvalue weighted by atomic mass is 9.94. The lowest BCUT2D eigenvalue weighted by molar-refractivity contribution is 0.199. The molecule has 1 N–H and O–H groups in total. The molecule has 0 radical (unpaired) electrons. The maximum atomic E-state index is 12.6. The molecule has 0 bridgehead atoms. The van der Waals surface area contributed by atoms with Gasteiger partial charge in [0.1, 0.15) is 0 Å². The second-order valence-corrected chi connectivity index (χ2v) is 5.79. The van der Waals surface area contributed by atoms with Gasteiger partial charge in [-0.3, -0.25) is 4.79 Å². The molecule has 0 fully saturated rings. The third-order valence-electron chi connectivity index (χ3n) is 3.93. The molecule has 0 amide bonds. The minimum atomic E-state index is 0.172. The summed E-state index contributed by atoms with van der Waals surface area (Å²) in [5.74, 6) is 0. The third-order valence-corrected chi connectivity index (χ3v) is 3.93. The van der Waals surface area contributed by atoms with Gasteiger partial charge in [0.25, 0.3) is 5.56 Å². The van der Waals surface area contributed by atoms with Crippen LogP contribution in [0.3, 0.4) is 0 Å². The minimum absolute atomic E-state index is 0.172. The highest BCUT2D eigenvalue weighted by atomic mass is 16.5. The molecule has 0 unspecified atom stereocenters. The van der Waals surface area contributed by atoms with E-state index in [-0.39, 0.29) is 11.6 Å². The Balaban J connectivity index is 2.28. The first-order valence-electron chi connectivity index (χ1n) is 7.61. The standard InChI is InChI=1S/C16H26N2O2/c1-12(2)18-15-7-5-4-6-13(15)10-14(16(18)19)11-17-8-9-20-3/h10,12,17H,4-9,11H2,1-3H3. The topological polar surface area (TPSA) is 43.3 Å². The summed E-state index contributed by atoms with van der Waals surface area (Å²) in [6, 6.07) is 2.35. The van der Waals surface area contributed by atoms with Crippen LogP contribution in [0.1, 0.15) is 49.6 Å². The van der Waals surface area contributed by atoms with E-state index in [1.807, 2.05) is 4.57 Å². The van der Waals surface area contributed by atoms with E-state index < -0.39 is 0 Å². The molecule has 0 saturated heterocycles. The summed E-state index contributed by atoms with van der Waals surface area (Å²) in [6.07, 6.45) is 4.58. The molecule has 0 aliphatic heterocycles. The van der Waals surface area contributed by atoms with E-state index in [2.05, 4.69) is 25.2 Å². The van der Waals surface area contributed by atoms with E-state index in [0.717, 1.165) is 24.9 Å². The van der Waals surface area contributed by atoms with Gasteiger partial charge in [-0.2, -0.15) is 0 Å². The van der Waals surface area contributed by atoms with Crippen LogP contribution in [0.15, 0.2) is 10.9 Å². The molecule has 112 valence electrons. The quantitative estimate of drug-likeness (QED) is 0.810. The van der Waals surface area contributed by atoms with E-state index in [0.29, 0.717) is 13.2 Å².